The van der Waals surface area contributed by atoms with E-state index in [4.69, 9.17) is 9.72 Å². The van der Waals surface area contributed by atoms with Crippen molar-refractivity contribution >= 4 is 63.0 Å². The summed E-state index contributed by atoms with van der Waals surface area (Å²) in [6.45, 7) is 2.77. The molecule has 16 nitrogen and oxygen atoms in total. The highest BCUT2D eigenvalue weighted by Gasteiger charge is 2.41. The number of nitrogens with zero attached hydrogens (tertiary/aromatic N) is 4. The molecule has 0 radical (unpaired) electrons. The van der Waals surface area contributed by atoms with E-state index >= 15 is 0 Å². The number of benzene rings is 2. The van der Waals surface area contributed by atoms with Crippen LogP contribution in [0.5, 0.6) is 5.75 Å². The molecule has 1 unspecified atom stereocenters. The highest BCUT2D eigenvalue weighted by molar-refractivity contribution is 7.20. The Morgan fingerprint density at radius 1 is 0.889 bits per heavy atom. The Bertz CT molecular complexity index is 2540. The first-order valence-corrected chi connectivity index (χ1v) is 26.5. The first-order chi connectivity index (χ1) is 34.9. The van der Waals surface area contributed by atoms with Crippen molar-refractivity contribution in [2.75, 3.05) is 44.9 Å². The maximum atomic E-state index is 14.3. The lowest BCUT2D eigenvalue weighted by Crippen LogP contribution is -2.57. The minimum atomic E-state index is -0.738. The van der Waals surface area contributed by atoms with Crippen molar-refractivity contribution in [1.29, 1.82) is 0 Å². The molecule has 3 aliphatic rings. The zero-order valence-electron chi connectivity index (χ0n) is 42.2. The van der Waals surface area contributed by atoms with Gasteiger partial charge in [-0.25, -0.2) is 9.97 Å². The molecular formula is C55H71N9O7S. The number of amides is 6. The molecule has 72 heavy (non-hydrogen) atoms. The van der Waals surface area contributed by atoms with E-state index < -0.39 is 18.1 Å². The molecule has 0 bridgehead atoms. The van der Waals surface area contributed by atoms with E-state index in [-0.39, 0.29) is 60.7 Å². The zero-order chi connectivity index (χ0) is 51.0. The Kier molecular flexibility index (Phi) is 19.5. The van der Waals surface area contributed by atoms with Gasteiger partial charge in [0.05, 0.1) is 25.8 Å². The second-order valence-corrected chi connectivity index (χ2v) is 20.4. The predicted molar refractivity (Wildman–Crippen MR) is 281 cm³/mol. The number of nitrogens with one attached hydrogen (secondary N) is 5. The molecule has 5 N–H and O–H groups in total. The highest BCUT2D eigenvalue weighted by atomic mass is 32.1. The molecule has 7 rings (SSSR count). The van der Waals surface area contributed by atoms with E-state index in [0.717, 1.165) is 65.7 Å². The van der Waals surface area contributed by atoms with E-state index in [0.29, 0.717) is 65.5 Å². The SMILES string of the molecule is CN[C@@H](C)C(=O)NC(C(=O)N1CCC[C@H]1C(=O)Nc1sc(NC(=O)CCCN(C)C(=O)Cc2cccc(CNC(=O)c3cc(/C=C/C4CCCCC4)c(OC)cn3)c2)nc1-c1ccccc1)C1CCCCC1. The predicted octanol–water partition coefficient (Wildman–Crippen LogP) is 7.76. The average molecular weight is 1000 g/mol. The second-order valence-electron chi connectivity index (χ2n) is 19.4. The standard InChI is InChI=1S/C55H71N9O7S/c1-36(56-2)50(67)60-49(41-23-12-7-13-24-41)54(70)64-30-15-25-44(64)52(69)62-53-48(40-21-10-6-11-22-40)61-55(72-53)59-46(65)26-16-29-63(3)47(66)32-38-19-14-20-39(31-38)34-58-51(68)43-33-42(45(71-4)35-57-43)28-27-37-17-8-5-9-18-37/h6,10-11,14,19-22,27-28,31,33,35-37,41,44,49,56H,5,7-9,12-13,15-18,23-26,29-30,32,34H2,1-4H3,(H,58,68)(H,60,67)(H,62,69)(H,59,61,65)/b28-27+/t36-,44-,49?/m0/s1. The first kappa shape index (κ1) is 53.3. The molecule has 4 aromatic rings. The summed E-state index contributed by atoms with van der Waals surface area (Å²) >= 11 is 1.14. The Morgan fingerprint density at radius 3 is 2.36 bits per heavy atom. The minimum absolute atomic E-state index is 0.00348. The van der Waals surface area contributed by atoms with E-state index in [2.05, 4.69) is 37.6 Å². The van der Waals surface area contributed by atoms with Crippen molar-refractivity contribution in [2.45, 2.75) is 128 Å². The van der Waals surface area contributed by atoms with Gasteiger partial charge in [0.15, 0.2) is 5.13 Å². The monoisotopic (exact) mass is 1000 g/mol. The van der Waals surface area contributed by atoms with Crippen LogP contribution in [0.25, 0.3) is 17.3 Å². The molecule has 3 heterocycles. The molecule has 0 spiro atoms. The lowest BCUT2D eigenvalue weighted by Gasteiger charge is -2.35. The van der Waals surface area contributed by atoms with Crippen molar-refractivity contribution in [2.24, 2.45) is 11.8 Å². The van der Waals surface area contributed by atoms with Gasteiger partial charge in [0.1, 0.15) is 34.2 Å². The number of methoxy groups -OCH3 is 1. The third kappa shape index (κ3) is 14.6. The van der Waals surface area contributed by atoms with Gasteiger partial charge in [0, 0.05) is 44.2 Å². The number of likely N-dealkylation sites (tertiary alicyclic amines) is 1. The number of aromatic nitrogens is 2. The fourth-order valence-corrected chi connectivity index (χ4v) is 10.8. The molecule has 2 aromatic carbocycles. The van der Waals surface area contributed by atoms with Gasteiger partial charge in [-0.1, -0.05) is 117 Å². The van der Waals surface area contributed by atoms with Gasteiger partial charge in [-0.3, -0.25) is 28.8 Å². The van der Waals surface area contributed by atoms with Gasteiger partial charge < -0.3 is 41.1 Å². The molecule has 3 atom stereocenters. The fraction of sp³-hybridized carbons (Fsp3) is 0.491. The van der Waals surface area contributed by atoms with E-state index in [1.165, 1.54) is 32.1 Å². The van der Waals surface area contributed by atoms with Crippen molar-refractivity contribution in [3.8, 4) is 17.0 Å². The number of hydrogen-bond acceptors (Lipinski definition) is 11. The molecule has 2 aliphatic carbocycles. The smallest absolute Gasteiger partial charge is 0.270 e. The maximum Gasteiger partial charge on any atom is 0.270 e. The van der Waals surface area contributed by atoms with Gasteiger partial charge in [-0.15, -0.1) is 0 Å². The van der Waals surface area contributed by atoms with Crippen LogP contribution < -0.4 is 31.3 Å². The molecule has 384 valence electrons. The number of rotatable bonds is 21. The summed E-state index contributed by atoms with van der Waals surface area (Å²) in [5.74, 6) is -0.395. The first-order valence-electron chi connectivity index (χ1n) is 25.7. The molecule has 6 amide bonds. The molecule has 1 saturated heterocycles. The van der Waals surface area contributed by atoms with Gasteiger partial charge in [0.2, 0.25) is 29.5 Å². The number of likely N-dealkylation sites (N-methyl/N-ethyl adjacent to an activating group) is 2. The van der Waals surface area contributed by atoms with E-state index in [1.54, 1.807) is 50.2 Å². The van der Waals surface area contributed by atoms with Gasteiger partial charge in [0.25, 0.3) is 5.91 Å². The summed E-state index contributed by atoms with van der Waals surface area (Å²) < 4.78 is 5.52. The number of carbonyl (C=O) groups excluding carboxylic acids is 6. The summed E-state index contributed by atoms with van der Waals surface area (Å²) in [5.41, 5.74) is 3.99. The molecular weight excluding hydrogens is 931 g/mol. The van der Waals surface area contributed by atoms with Crippen LogP contribution in [0.3, 0.4) is 0 Å². The summed E-state index contributed by atoms with van der Waals surface area (Å²) in [7, 11) is 5.01. The summed E-state index contributed by atoms with van der Waals surface area (Å²) in [6.07, 6.45) is 18.5. The maximum absolute atomic E-state index is 14.3. The van der Waals surface area contributed by atoms with E-state index in [9.17, 15) is 28.8 Å². The second kappa shape index (κ2) is 26.3. The highest BCUT2D eigenvalue weighted by Crippen LogP contribution is 2.37. The van der Waals surface area contributed by atoms with Gasteiger partial charge >= 0.3 is 0 Å². The van der Waals surface area contributed by atoms with Crippen molar-refractivity contribution in [1.82, 2.24) is 35.7 Å². The Balaban J connectivity index is 0.903. The number of allylic oxidation sites excluding steroid dienone is 1. The summed E-state index contributed by atoms with van der Waals surface area (Å²) in [5, 5.41) is 15.6. The quantitative estimate of drug-likeness (QED) is 0.0549. The third-order valence-corrected chi connectivity index (χ3v) is 15.1. The van der Waals surface area contributed by atoms with E-state index in [1.807, 2.05) is 60.7 Å². The summed E-state index contributed by atoms with van der Waals surface area (Å²) in [6, 6.07) is 16.7. The largest absolute Gasteiger partial charge is 0.495 e. The zero-order valence-corrected chi connectivity index (χ0v) is 43.0. The Morgan fingerprint density at radius 2 is 1.62 bits per heavy atom. The topological polar surface area (TPSA) is 204 Å². The van der Waals surface area contributed by atoms with Crippen molar-refractivity contribution in [3.63, 3.8) is 0 Å². The van der Waals surface area contributed by atoms with Gasteiger partial charge in [-0.05, 0) is 87.9 Å². The number of ether oxygens (including phenoxy) is 1. The van der Waals surface area contributed by atoms with Crippen LogP contribution in [-0.2, 0) is 36.9 Å². The lowest BCUT2D eigenvalue weighted by molar-refractivity contribution is -0.142. The average Bonchev–Trinajstić information content (AvgIpc) is 4.07. The fourth-order valence-electron chi connectivity index (χ4n) is 9.85. The number of pyridine rings is 1. The van der Waals surface area contributed by atoms with Crippen LogP contribution >= 0.6 is 11.3 Å². The van der Waals surface area contributed by atoms with Crippen LogP contribution in [-0.4, -0.2) is 108 Å². The van der Waals surface area contributed by atoms with Crippen LogP contribution in [0.1, 0.15) is 124 Å². The van der Waals surface area contributed by atoms with Gasteiger partial charge in [-0.2, -0.15) is 0 Å². The molecule has 2 saturated carbocycles. The number of carbonyl (C=O) groups is 6. The number of thiazole rings is 1. The normalized spacial score (nSPS) is 17.2. The molecule has 2 aromatic heterocycles. The molecule has 17 heteroatoms. The third-order valence-electron chi connectivity index (χ3n) is 14.2. The summed E-state index contributed by atoms with van der Waals surface area (Å²) in [4.78, 5) is 93.6. The molecule has 1 aliphatic heterocycles. The Labute approximate surface area is 427 Å². The lowest BCUT2D eigenvalue weighted by atomic mass is 9.83. The number of anilines is 2. The van der Waals surface area contributed by atoms with Crippen molar-refractivity contribution < 1.29 is 33.5 Å². The van der Waals surface area contributed by atoms with Crippen molar-refractivity contribution in [3.05, 3.63) is 95.3 Å². The van der Waals surface area contributed by atoms with Crippen LogP contribution in [0.4, 0.5) is 10.1 Å². The van der Waals surface area contributed by atoms with Crippen LogP contribution in [0.2, 0.25) is 0 Å². The van der Waals surface area contributed by atoms with Crippen LogP contribution in [0, 0.1) is 11.8 Å². The Hall–Kier alpha value is -6.46. The number of hydrogen-bond donors (Lipinski definition) is 5. The molecule has 3 fully saturated rings. The van der Waals surface area contributed by atoms with Crippen LogP contribution in [0.15, 0.2) is 72.9 Å². The minimum Gasteiger partial charge on any atom is -0.495 e.